The summed E-state index contributed by atoms with van der Waals surface area (Å²) in [5.41, 5.74) is 0.859. The van der Waals surface area contributed by atoms with Crippen LogP contribution in [0.4, 0.5) is 9.18 Å². The molecule has 0 aliphatic carbocycles. The number of carbonyl (C=O) groups is 2. The number of likely N-dealkylation sites (N-methyl/N-ethyl adjacent to an activating group) is 1. The fourth-order valence-electron chi connectivity index (χ4n) is 3.85. The Hall–Kier alpha value is -2.15. The predicted octanol–water partition coefficient (Wildman–Crippen LogP) is 1.88. The molecule has 0 aromatic heterocycles. The predicted molar refractivity (Wildman–Crippen MR) is 97.1 cm³/mol. The van der Waals surface area contributed by atoms with Crippen LogP contribution >= 0.6 is 0 Å². The molecule has 1 unspecified atom stereocenters. The normalized spacial score (nSPS) is 21.6. The molecular formula is C19H27FN4O2. The molecule has 7 heteroatoms. The topological polar surface area (TPSA) is 64.7 Å². The van der Waals surface area contributed by atoms with E-state index in [9.17, 15) is 14.0 Å². The molecule has 3 rings (SSSR count). The van der Waals surface area contributed by atoms with Crippen molar-refractivity contribution in [3.8, 4) is 0 Å². The molecule has 0 radical (unpaired) electrons. The van der Waals surface area contributed by atoms with Gasteiger partial charge in [-0.15, -0.1) is 0 Å². The van der Waals surface area contributed by atoms with Crippen LogP contribution in [0.25, 0.3) is 0 Å². The molecule has 6 nitrogen and oxygen atoms in total. The van der Waals surface area contributed by atoms with Gasteiger partial charge in [-0.05, 0) is 43.4 Å². The van der Waals surface area contributed by atoms with Gasteiger partial charge in [0.05, 0.1) is 12.6 Å². The van der Waals surface area contributed by atoms with E-state index < -0.39 is 0 Å². The summed E-state index contributed by atoms with van der Waals surface area (Å²) in [6, 6.07) is 6.53. The average molecular weight is 362 g/mol. The van der Waals surface area contributed by atoms with Crippen LogP contribution in [0.3, 0.4) is 0 Å². The highest BCUT2D eigenvalue weighted by molar-refractivity contribution is 5.77. The van der Waals surface area contributed by atoms with Gasteiger partial charge in [0.1, 0.15) is 5.82 Å². The highest BCUT2D eigenvalue weighted by Gasteiger charge is 2.32. The lowest BCUT2D eigenvalue weighted by molar-refractivity contribution is -0.122. The Morgan fingerprint density at radius 2 is 1.96 bits per heavy atom. The van der Waals surface area contributed by atoms with Crippen LogP contribution in [0.15, 0.2) is 24.3 Å². The van der Waals surface area contributed by atoms with E-state index in [4.69, 9.17) is 0 Å². The maximum absolute atomic E-state index is 13.5. The van der Waals surface area contributed by atoms with Crippen molar-refractivity contribution in [2.75, 3.05) is 33.2 Å². The summed E-state index contributed by atoms with van der Waals surface area (Å²) < 4.78 is 13.5. The molecule has 2 heterocycles. The van der Waals surface area contributed by atoms with Crippen molar-refractivity contribution < 1.29 is 14.0 Å². The number of nitrogens with zero attached hydrogens (tertiary/aromatic N) is 2. The molecular weight excluding hydrogens is 335 g/mol. The minimum atomic E-state index is -0.266. The molecule has 1 aromatic carbocycles. The van der Waals surface area contributed by atoms with Crippen LogP contribution in [0.2, 0.25) is 0 Å². The summed E-state index contributed by atoms with van der Waals surface area (Å²) in [7, 11) is 1.64. The first-order valence-electron chi connectivity index (χ1n) is 9.32. The molecule has 0 bridgehead atoms. The van der Waals surface area contributed by atoms with Crippen molar-refractivity contribution in [3.05, 3.63) is 35.6 Å². The zero-order valence-corrected chi connectivity index (χ0v) is 15.2. The van der Waals surface area contributed by atoms with E-state index in [2.05, 4.69) is 15.5 Å². The maximum atomic E-state index is 13.5. The largest absolute Gasteiger partial charge is 0.358 e. The number of hydrogen-bond acceptors (Lipinski definition) is 3. The second kappa shape index (κ2) is 8.49. The lowest BCUT2D eigenvalue weighted by Gasteiger charge is -2.33. The molecule has 2 aliphatic heterocycles. The van der Waals surface area contributed by atoms with Crippen LogP contribution < -0.4 is 10.6 Å². The SMILES string of the molecule is CNC(=O)CN1CCC(NC(=O)N2CCCC2c2cccc(F)c2)CC1. The van der Waals surface area contributed by atoms with Gasteiger partial charge in [-0.2, -0.15) is 0 Å². The Bertz CT molecular complexity index is 646. The van der Waals surface area contributed by atoms with Gasteiger partial charge in [0.2, 0.25) is 5.91 Å². The Balaban J connectivity index is 1.52. The number of hydrogen-bond donors (Lipinski definition) is 2. The standard InChI is InChI=1S/C19H27FN4O2/c1-21-18(25)13-23-10-7-16(8-11-23)22-19(26)24-9-3-6-17(24)14-4-2-5-15(20)12-14/h2,4-5,12,16-17H,3,6-11,13H2,1H3,(H,21,25)(H,22,26). The van der Waals surface area contributed by atoms with Crippen molar-refractivity contribution in [1.82, 2.24) is 20.4 Å². The number of carbonyl (C=O) groups excluding carboxylic acids is 2. The summed E-state index contributed by atoms with van der Waals surface area (Å²) in [6.45, 7) is 2.70. The average Bonchev–Trinajstić information content (AvgIpc) is 3.13. The summed E-state index contributed by atoms with van der Waals surface area (Å²) in [6.07, 6.45) is 3.46. The van der Waals surface area contributed by atoms with Gasteiger partial charge < -0.3 is 15.5 Å². The minimum Gasteiger partial charge on any atom is -0.358 e. The highest BCUT2D eigenvalue weighted by atomic mass is 19.1. The van der Waals surface area contributed by atoms with Crippen molar-refractivity contribution in [2.24, 2.45) is 0 Å². The van der Waals surface area contributed by atoms with Gasteiger partial charge >= 0.3 is 6.03 Å². The number of benzene rings is 1. The third-order valence-electron chi connectivity index (χ3n) is 5.31. The van der Waals surface area contributed by atoms with Crippen molar-refractivity contribution >= 4 is 11.9 Å². The van der Waals surface area contributed by atoms with Crippen molar-refractivity contribution in [2.45, 2.75) is 37.8 Å². The van der Waals surface area contributed by atoms with Gasteiger partial charge in [-0.1, -0.05) is 12.1 Å². The number of rotatable bonds is 4. The number of urea groups is 1. The van der Waals surface area contributed by atoms with Gasteiger partial charge in [0.15, 0.2) is 0 Å². The molecule has 2 saturated heterocycles. The van der Waals surface area contributed by atoms with E-state index in [0.29, 0.717) is 13.1 Å². The van der Waals surface area contributed by atoms with Crippen molar-refractivity contribution in [3.63, 3.8) is 0 Å². The van der Waals surface area contributed by atoms with E-state index in [1.807, 2.05) is 11.0 Å². The van der Waals surface area contributed by atoms with Crippen LogP contribution in [0.5, 0.6) is 0 Å². The molecule has 142 valence electrons. The van der Waals surface area contributed by atoms with E-state index in [0.717, 1.165) is 44.3 Å². The van der Waals surface area contributed by atoms with E-state index in [1.54, 1.807) is 13.1 Å². The second-order valence-corrected chi connectivity index (χ2v) is 7.08. The summed E-state index contributed by atoms with van der Waals surface area (Å²) in [5.74, 6) is -0.249. The molecule has 26 heavy (non-hydrogen) atoms. The Morgan fingerprint density at radius 3 is 2.65 bits per heavy atom. The van der Waals surface area contributed by atoms with E-state index in [1.165, 1.54) is 12.1 Å². The van der Waals surface area contributed by atoms with E-state index >= 15 is 0 Å². The molecule has 2 fully saturated rings. The Kier molecular flexibility index (Phi) is 6.08. The Labute approximate surface area is 153 Å². The highest BCUT2D eigenvalue weighted by Crippen LogP contribution is 2.32. The number of halogens is 1. The zero-order valence-electron chi connectivity index (χ0n) is 15.2. The van der Waals surface area contributed by atoms with Gasteiger partial charge in [0.25, 0.3) is 0 Å². The lowest BCUT2D eigenvalue weighted by Crippen LogP contribution is -2.50. The second-order valence-electron chi connectivity index (χ2n) is 7.08. The third kappa shape index (κ3) is 4.52. The maximum Gasteiger partial charge on any atom is 0.318 e. The Morgan fingerprint density at radius 1 is 1.19 bits per heavy atom. The third-order valence-corrected chi connectivity index (χ3v) is 5.31. The molecule has 2 aliphatic rings. The molecule has 0 saturated carbocycles. The zero-order chi connectivity index (χ0) is 18.5. The number of nitrogens with one attached hydrogen (secondary N) is 2. The number of piperidine rings is 1. The first kappa shape index (κ1) is 18.6. The smallest absolute Gasteiger partial charge is 0.318 e. The number of amides is 3. The molecule has 1 atom stereocenters. The van der Waals surface area contributed by atoms with E-state index in [-0.39, 0.29) is 29.8 Å². The quantitative estimate of drug-likeness (QED) is 0.860. The van der Waals surface area contributed by atoms with Crippen LogP contribution in [-0.4, -0.2) is 61.0 Å². The monoisotopic (exact) mass is 362 g/mol. The molecule has 0 spiro atoms. The fraction of sp³-hybridized carbons (Fsp3) is 0.579. The fourth-order valence-corrected chi connectivity index (χ4v) is 3.85. The van der Waals surface area contributed by atoms with Crippen LogP contribution in [-0.2, 0) is 4.79 Å². The first-order chi connectivity index (χ1) is 12.6. The summed E-state index contributed by atoms with van der Waals surface area (Å²) >= 11 is 0. The number of likely N-dealkylation sites (tertiary alicyclic amines) is 2. The summed E-state index contributed by atoms with van der Waals surface area (Å²) in [4.78, 5) is 28.1. The van der Waals surface area contributed by atoms with Crippen LogP contribution in [0, 0.1) is 5.82 Å². The van der Waals surface area contributed by atoms with Gasteiger partial charge in [0, 0.05) is 32.7 Å². The molecule has 1 aromatic rings. The summed E-state index contributed by atoms with van der Waals surface area (Å²) in [5, 5.41) is 5.76. The van der Waals surface area contributed by atoms with Gasteiger partial charge in [-0.3, -0.25) is 9.69 Å². The van der Waals surface area contributed by atoms with Crippen molar-refractivity contribution in [1.29, 1.82) is 0 Å². The van der Waals surface area contributed by atoms with Crippen LogP contribution in [0.1, 0.15) is 37.3 Å². The molecule has 3 amide bonds. The lowest BCUT2D eigenvalue weighted by atomic mass is 10.0. The molecule has 2 N–H and O–H groups in total. The van der Waals surface area contributed by atoms with Gasteiger partial charge in [-0.25, -0.2) is 9.18 Å². The minimum absolute atomic E-state index is 0.0162. The first-order valence-corrected chi connectivity index (χ1v) is 9.32.